The van der Waals surface area contributed by atoms with Crippen LogP contribution in [0.5, 0.6) is 5.75 Å². The molecule has 1 aliphatic rings. The number of phenols is 1. The average Bonchev–Trinajstić information content (AvgIpc) is 2.56. The maximum absolute atomic E-state index is 9.67. The van der Waals surface area contributed by atoms with E-state index < -0.39 is 0 Å². The van der Waals surface area contributed by atoms with Crippen molar-refractivity contribution in [3.05, 3.63) is 60.2 Å². The lowest BCUT2D eigenvalue weighted by Crippen LogP contribution is -2.52. The predicted octanol–water partition coefficient (Wildman–Crippen LogP) is 3.54. The second kappa shape index (κ2) is 7.51. The van der Waals surface area contributed by atoms with Gasteiger partial charge in [-0.1, -0.05) is 36.4 Å². The normalized spacial score (nSPS) is 19.0. The van der Waals surface area contributed by atoms with Crippen LogP contribution in [-0.4, -0.2) is 42.2 Å². The summed E-state index contributed by atoms with van der Waals surface area (Å²) in [6.07, 6.45) is 2.37. The molecular formula is C20H26N2O. The average molecular weight is 310 g/mol. The molecule has 122 valence electrons. The molecule has 3 rings (SSSR count). The quantitative estimate of drug-likeness (QED) is 0.915. The van der Waals surface area contributed by atoms with Gasteiger partial charge in [0.05, 0.1) is 0 Å². The zero-order valence-electron chi connectivity index (χ0n) is 13.9. The van der Waals surface area contributed by atoms with E-state index in [1.165, 1.54) is 12.0 Å². The van der Waals surface area contributed by atoms with Gasteiger partial charge in [-0.05, 0) is 44.0 Å². The van der Waals surface area contributed by atoms with Crippen molar-refractivity contribution in [3.8, 4) is 5.75 Å². The van der Waals surface area contributed by atoms with Gasteiger partial charge in [-0.3, -0.25) is 4.90 Å². The summed E-state index contributed by atoms with van der Waals surface area (Å²) in [6.45, 7) is 6.63. The lowest BCUT2D eigenvalue weighted by Gasteiger charge is -2.41. The number of hydrogen-bond donors (Lipinski definition) is 1. The van der Waals surface area contributed by atoms with E-state index in [0.717, 1.165) is 38.3 Å². The predicted molar refractivity (Wildman–Crippen MR) is 96.1 cm³/mol. The van der Waals surface area contributed by atoms with E-state index in [-0.39, 0.29) is 0 Å². The summed E-state index contributed by atoms with van der Waals surface area (Å²) in [6, 6.07) is 18.8. The smallest absolute Gasteiger partial charge is 0.117 e. The van der Waals surface area contributed by atoms with Crippen molar-refractivity contribution in [1.82, 2.24) is 4.90 Å². The summed E-state index contributed by atoms with van der Waals surface area (Å²) < 4.78 is 0. The van der Waals surface area contributed by atoms with Crippen LogP contribution in [0.25, 0.3) is 0 Å². The molecule has 1 fully saturated rings. The number of rotatable bonds is 5. The highest BCUT2D eigenvalue weighted by molar-refractivity contribution is 5.51. The van der Waals surface area contributed by atoms with Gasteiger partial charge >= 0.3 is 0 Å². The van der Waals surface area contributed by atoms with E-state index in [1.54, 1.807) is 6.07 Å². The molecule has 3 heteroatoms. The highest BCUT2D eigenvalue weighted by Crippen LogP contribution is 2.24. The summed E-state index contributed by atoms with van der Waals surface area (Å²) in [4.78, 5) is 4.96. The van der Waals surface area contributed by atoms with Crippen molar-refractivity contribution >= 4 is 5.69 Å². The molecule has 0 bridgehead atoms. The minimum atomic E-state index is 0.347. The first-order valence-corrected chi connectivity index (χ1v) is 8.54. The second-order valence-corrected chi connectivity index (χ2v) is 6.45. The Balaban J connectivity index is 1.48. The number of nitrogens with zero attached hydrogens (tertiary/aromatic N) is 2. The third kappa shape index (κ3) is 4.26. The van der Waals surface area contributed by atoms with Crippen LogP contribution in [0, 0.1) is 0 Å². The largest absolute Gasteiger partial charge is 0.508 e. The van der Waals surface area contributed by atoms with Gasteiger partial charge in [-0.25, -0.2) is 0 Å². The van der Waals surface area contributed by atoms with Crippen LogP contribution in [0.4, 0.5) is 5.69 Å². The van der Waals surface area contributed by atoms with E-state index >= 15 is 0 Å². The van der Waals surface area contributed by atoms with Gasteiger partial charge in [-0.15, -0.1) is 0 Å². The molecule has 0 aromatic heterocycles. The summed E-state index contributed by atoms with van der Waals surface area (Å²) in [5, 5.41) is 9.67. The second-order valence-electron chi connectivity index (χ2n) is 6.45. The molecule has 0 aliphatic carbocycles. The molecule has 0 radical (unpaired) electrons. The lowest BCUT2D eigenvalue weighted by molar-refractivity contribution is 0.226. The molecule has 2 aromatic carbocycles. The molecule has 1 heterocycles. The van der Waals surface area contributed by atoms with Gasteiger partial charge in [0.1, 0.15) is 5.75 Å². The van der Waals surface area contributed by atoms with Crippen LogP contribution in [0.15, 0.2) is 54.6 Å². The van der Waals surface area contributed by atoms with Crippen molar-refractivity contribution in [3.63, 3.8) is 0 Å². The Kier molecular flexibility index (Phi) is 5.19. The molecule has 0 amide bonds. The molecule has 1 N–H and O–H groups in total. The van der Waals surface area contributed by atoms with E-state index in [4.69, 9.17) is 0 Å². The molecular weight excluding hydrogens is 284 g/mol. The van der Waals surface area contributed by atoms with Gasteiger partial charge in [0.2, 0.25) is 0 Å². The number of benzene rings is 2. The minimum absolute atomic E-state index is 0.347. The Morgan fingerprint density at radius 2 is 1.87 bits per heavy atom. The van der Waals surface area contributed by atoms with Crippen molar-refractivity contribution in [1.29, 1.82) is 0 Å². The third-order valence-electron chi connectivity index (χ3n) is 4.66. The lowest BCUT2D eigenvalue weighted by atomic mass is 10.1. The van der Waals surface area contributed by atoms with Crippen LogP contribution >= 0.6 is 0 Å². The Hall–Kier alpha value is -2.00. The minimum Gasteiger partial charge on any atom is -0.508 e. The molecule has 0 spiro atoms. The van der Waals surface area contributed by atoms with Crippen LogP contribution in [0.2, 0.25) is 0 Å². The Morgan fingerprint density at radius 1 is 1.04 bits per heavy atom. The van der Waals surface area contributed by atoms with Crippen molar-refractivity contribution in [2.75, 3.05) is 31.1 Å². The topological polar surface area (TPSA) is 26.7 Å². The van der Waals surface area contributed by atoms with Crippen molar-refractivity contribution in [2.24, 2.45) is 0 Å². The first-order valence-electron chi connectivity index (χ1n) is 8.54. The number of aromatic hydroxyl groups is 1. The first kappa shape index (κ1) is 15.9. The Labute approximate surface area is 139 Å². The molecule has 0 unspecified atom stereocenters. The standard InChI is InChI=1S/C20H26N2O/c1-17-16-21(12-6-9-18-7-3-2-4-8-18)13-14-22(17)19-10-5-11-20(23)15-19/h2-5,7-8,10-11,15,17,23H,6,9,12-14,16H2,1H3/t17-/m1/s1. The van der Waals surface area contributed by atoms with Crippen LogP contribution < -0.4 is 4.90 Å². The zero-order chi connectivity index (χ0) is 16.1. The van der Waals surface area contributed by atoms with Gasteiger partial charge in [0.15, 0.2) is 0 Å². The van der Waals surface area contributed by atoms with E-state index in [9.17, 15) is 5.11 Å². The SMILES string of the molecule is C[C@@H]1CN(CCCc2ccccc2)CCN1c1cccc(O)c1. The fourth-order valence-corrected chi connectivity index (χ4v) is 3.44. The highest BCUT2D eigenvalue weighted by Gasteiger charge is 2.23. The van der Waals surface area contributed by atoms with Gasteiger partial charge < -0.3 is 10.0 Å². The van der Waals surface area contributed by atoms with Gasteiger partial charge in [0, 0.05) is 37.4 Å². The Bertz CT molecular complexity index is 614. The fourth-order valence-electron chi connectivity index (χ4n) is 3.44. The number of anilines is 1. The van der Waals surface area contributed by atoms with Gasteiger partial charge in [0.25, 0.3) is 0 Å². The summed E-state index contributed by atoms with van der Waals surface area (Å²) in [5.74, 6) is 0.347. The third-order valence-corrected chi connectivity index (χ3v) is 4.66. The molecule has 23 heavy (non-hydrogen) atoms. The number of aryl methyl sites for hydroxylation is 1. The van der Waals surface area contributed by atoms with E-state index in [1.807, 2.05) is 12.1 Å². The van der Waals surface area contributed by atoms with Crippen molar-refractivity contribution in [2.45, 2.75) is 25.8 Å². The maximum atomic E-state index is 9.67. The van der Waals surface area contributed by atoms with E-state index in [0.29, 0.717) is 11.8 Å². The van der Waals surface area contributed by atoms with Crippen LogP contribution in [-0.2, 0) is 6.42 Å². The number of phenolic OH excluding ortho intramolecular Hbond substituents is 1. The zero-order valence-corrected chi connectivity index (χ0v) is 13.9. The molecule has 0 saturated carbocycles. The monoisotopic (exact) mass is 310 g/mol. The van der Waals surface area contributed by atoms with Crippen molar-refractivity contribution < 1.29 is 5.11 Å². The maximum Gasteiger partial charge on any atom is 0.117 e. The Morgan fingerprint density at radius 3 is 2.61 bits per heavy atom. The van der Waals surface area contributed by atoms with Crippen LogP contribution in [0.1, 0.15) is 18.9 Å². The summed E-state index contributed by atoms with van der Waals surface area (Å²) in [5.41, 5.74) is 2.56. The number of hydrogen-bond acceptors (Lipinski definition) is 3. The molecule has 1 saturated heterocycles. The molecule has 1 aliphatic heterocycles. The number of piperazine rings is 1. The molecule has 2 aromatic rings. The highest BCUT2D eigenvalue weighted by atomic mass is 16.3. The van der Waals surface area contributed by atoms with Gasteiger partial charge in [-0.2, -0.15) is 0 Å². The first-order chi connectivity index (χ1) is 11.2. The van der Waals surface area contributed by atoms with E-state index in [2.05, 4.69) is 53.1 Å². The summed E-state index contributed by atoms with van der Waals surface area (Å²) >= 11 is 0. The fraction of sp³-hybridized carbons (Fsp3) is 0.400. The molecule has 3 nitrogen and oxygen atoms in total. The van der Waals surface area contributed by atoms with Crippen LogP contribution in [0.3, 0.4) is 0 Å². The molecule has 1 atom stereocenters. The summed E-state index contributed by atoms with van der Waals surface area (Å²) in [7, 11) is 0.